The Labute approximate surface area is 107 Å². The predicted molar refractivity (Wildman–Crippen MR) is 68.3 cm³/mol. The first-order chi connectivity index (χ1) is 8.59. The Morgan fingerprint density at radius 2 is 2.39 bits per heavy atom. The van der Waals surface area contributed by atoms with Gasteiger partial charge in [0, 0.05) is 24.7 Å². The van der Waals surface area contributed by atoms with Crippen molar-refractivity contribution < 1.29 is 9.90 Å². The Balaban J connectivity index is 1.93. The van der Waals surface area contributed by atoms with Crippen LogP contribution in [0.15, 0.2) is 12.3 Å². The lowest BCUT2D eigenvalue weighted by molar-refractivity contribution is 0.0904. The summed E-state index contributed by atoms with van der Waals surface area (Å²) in [5.74, 6) is 0.0877. The van der Waals surface area contributed by atoms with E-state index in [0.29, 0.717) is 12.2 Å². The molecule has 1 saturated carbocycles. The van der Waals surface area contributed by atoms with Gasteiger partial charge in [0.2, 0.25) is 0 Å². The van der Waals surface area contributed by atoms with Gasteiger partial charge in [-0.25, -0.2) is 0 Å². The van der Waals surface area contributed by atoms with Crippen LogP contribution in [0.2, 0.25) is 0 Å². The monoisotopic (exact) mass is 251 g/mol. The Hall–Kier alpha value is -1.36. The van der Waals surface area contributed by atoms with Gasteiger partial charge >= 0.3 is 0 Å². The molecule has 2 atom stereocenters. The number of hydrogen-bond donors (Lipinski definition) is 2. The third-order valence-corrected chi connectivity index (χ3v) is 3.54. The number of amides is 1. The van der Waals surface area contributed by atoms with Gasteiger partial charge < -0.3 is 10.4 Å². The smallest absolute Gasteiger partial charge is 0.269 e. The zero-order chi connectivity index (χ0) is 13.1. The van der Waals surface area contributed by atoms with E-state index < -0.39 is 0 Å². The van der Waals surface area contributed by atoms with Gasteiger partial charge in [-0.1, -0.05) is 6.42 Å². The molecule has 5 nitrogen and oxygen atoms in total. The van der Waals surface area contributed by atoms with E-state index in [-0.39, 0.29) is 24.0 Å². The molecule has 0 spiro atoms. The molecular weight excluding hydrogens is 230 g/mol. The second-order valence-corrected chi connectivity index (χ2v) is 5.22. The summed E-state index contributed by atoms with van der Waals surface area (Å²) < 4.78 is 1.71. The number of nitrogens with one attached hydrogen (secondary N) is 1. The number of carbonyl (C=O) groups excluding carboxylic acids is 1. The average Bonchev–Trinajstić information content (AvgIpc) is 2.94. The second kappa shape index (κ2) is 5.52. The molecule has 1 amide bonds. The van der Waals surface area contributed by atoms with Crippen molar-refractivity contribution in [3.8, 4) is 0 Å². The van der Waals surface area contributed by atoms with Crippen LogP contribution in [-0.2, 0) is 0 Å². The topological polar surface area (TPSA) is 67.2 Å². The van der Waals surface area contributed by atoms with Crippen LogP contribution in [0.3, 0.4) is 0 Å². The van der Waals surface area contributed by atoms with Crippen molar-refractivity contribution in [1.29, 1.82) is 0 Å². The third-order valence-electron chi connectivity index (χ3n) is 3.54. The summed E-state index contributed by atoms with van der Waals surface area (Å²) >= 11 is 0. The van der Waals surface area contributed by atoms with Gasteiger partial charge in [0.05, 0.1) is 6.10 Å². The summed E-state index contributed by atoms with van der Waals surface area (Å²) in [6.45, 7) is 4.53. The van der Waals surface area contributed by atoms with Crippen LogP contribution in [0.25, 0.3) is 0 Å². The molecule has 2 N–H and O–H groups in total. The molecule has 100 valence electrons. The van der Waals surface area contributed by atoms with Gasteiger partial charge in [0.25, 0.3) is 5.91 Å². The fourth-order valence-corrected chi connectivity index (χ4v) is 2.48. The molecule has 0 bridgehead atoms. The van der Waals surface area contributed by atoms with Gasteiger partial charge in [0.1, 0.15) is 5.69 Å². The highest BCUT2D eigenvalue weighted by Crippen LogP contribution is 2.24. The summed E-state index contributed by atoms with van der Waals surface area (Å²) in [4.78, 5) is 12.0. The summed E-state index contributed by atoms with van der Waals surface area (Å²) in [5.41, 5.74) is 0.581. The number of aliphatic hydroxyl groups is 1. The fourth-order valence-electron chi connectivity index (χ4n) is 2.48. The summed E-state index contributed by atoms with van der Waals surface area (Å²) in [7, 11) is 0. The molecule has 1 aliphatic carbocycles. The lowest BCUT2D eigenvalue weighted by Gasteiger charge is -2.16. The number of aromatic nitrogens is 2. The van der Waals surface area contributed by atoms with Crippen molar-refractivity contribution in [2.45, 2.75) is 45.3 Å². The van der Waals surface area contributed by atoms with Crippen LogP contribution < -0.4 is 5.32 Å². The van der Waals surface area contributed by atoms with Crippen molar-refractivity contribution in [2.75, 3.05) is 6.54 Å². The maximum atomic E-state index is 12.0. The molecule has 1 aromatic rings. The van der Waals surface area contributed by atoms with E-state index in [4.69, 9.17) is 0 Å². The zero-order valence-corrected chi connectivity index (χ0v) is 11.0. The molecule has 0 radical (unpaired) electrons. The van der Waals surface area contributed by atoms with Crippen LogP contribution in [0.1, 0.15) is 49.6 Å². The Morgan fingerprint density at radius 1 is 1.61 bits per heavy atom. The van der Waals surface area contributed by atoms with E-state index in [0.717, 1.165) is 19.3 Å². The van der Waals surface area contributed by atoms with Crippen molar-refractivity contribution in [1.82, 2.24) is 15.1 Å². The number of nitrogens with zero attached hydrogens (tertiary/aromatic N) is 2. The van der Waals surface area contributed by atoms with E-state index >= 15 is 0 Å². The zero-order valence-electron chi connectivity index (χ0n) is 11.0. The van der Waals surface area contributed by atoms with Gasteiger partial charge in [-0.3, -0.25) is 9.48 Å². The van der Waals surface area contributed by atoms with E-state index in [1.165, 1.54) is 0 Å². The van der Waals surface area contributed by atoms with Gasteiger partial charge in [-0.15, -0.1) is 0 Å². The maximum Gasteiger partial charge on any atom is 0.269 e. The van der Waals surface area contributed by atoms with E-state index in [1.54, 1.807) is 16.9 Å². The Kier molecular flexibility index (Phi) is 4.01. The molecule has 1 aromatic heterocycles. The van der Waals surface area contributed by atoms with Crippen molar-refractivity contribution in [2.24, 2.45) is 5.92 Å². The molecule has 2 unspecified atom stereocenters. The number of carbonyl (C=O) groups is 1. The molecule has 2 rings (SSSR count). The minimum atomic E-state index is -0.264. The quantitative estimate of drug-likeness (QED) is 0.849. The van der Waals surface area contributed by atoms with Crippen molar-refractivity contribution >= 4 is 5.91 Å². The van der Waals surface area contributed by atoms with Gasteiger partial charge in [0.15, 0.2) is 0 Å². The molecule has 0 saturated heterocycles. The molecule has 18 heavy (non-hydrogen) atoms. The first-order valence-corrected chi connectivity index (χ1v) is 6.59. The van der Waals surface area contributed by atoms with Gasteiger partial charge in [-0.05, 0) is 32.8 Å². The number of aliphatic hydroxyl groups excluding tert-OH is 1. The molecule has 0 aliphatic heterocycles. The van der Waals surface area contributed by atoms with Crippen molar-refractivity contribution in [3.63, 3.8) is 0 Å². The Bertz CT molecular complexity index is 414. The third kappa shape index (κ3) is 2.72. The lowest BCUT2D eigenvalue weighted by Crippen LogP contribution is -2.33. The van der Waals surface area contributed by atoms with Crippen molar-refractivity contribution in [3.05, 3.63) is 18.0 Å². The first kappa shape index (κ1) is 13.1. The minimum Gasteiger partial charge on any atom is -0.393 e. The van der Waals surface area contributed by atoms with E-state index in [2.05, 4.69) is 10.4 Å². The van der Waals surface area contributed by atoms with E-state index in [1.807, 2.05) is 13.8 Å². The average molecular weight is 251 g/mol. The Morgan fingerprint density at radius 3 is 3.00 bits per heavy atom. The minimum absolute atomic E-state index is 0.111. The first-order valence-electron chi connectivity index (χ1n) is 6.59. The largest absolute Gasteiger partial charge is 0.393 e. The van der Waals surface area contributed by atoms with Crippen LogP contribution >= 0.6 is 0 Å². The fraction of sp³-hybridized carbons (Fsp3) is 0.692. The van der Waals surface area contributed by atoms with Crippen LogP contribution in [0, 0.1) is 5.92 Å². The number of hydrogen-bond acceptors (Lipinski definition) is 3. The highest BCUT2D eigenvalue weighted by molar-refractivity contribution is 5.92. The summed E-state index contributed by atoms with van der Waals surface area (Å²) in [6.07, 6.45) is 4.26. The molecular formula is C13H21N3O2. The predicted octanol–water partition coefficient (Wildman–Crippen LogP) is 1.35. The molecule has 1 fully saturated rings. The molecule has 0 aromatic carbocycles. The SMILES string of the molecule is CC(C)n1nccc1C(=O)NCC1CCCC1O. The van der Waals surface area contributed by atoms with Crippen LogP contribution in [0.5, 0.6) is 0 Å². The number of rotatable bonds is 4. The van der Waals surface area contributed by atoms with Crippen LogP contribution in [0.4, 0.5) is 0 Å². The molecule has 1 heterocycles. The van der Waals surface area contributed by atoms with E-state index in [9.17, 15) is 9.90 Å². The standard InChI is InChI=1S/C13H21N3O2/c1-9(2)16-11(6-7-15-16)13(18)14-8-10-4-3-5-12(10)17/h6-7,9-10,12,17H,3-5,8H2,1-2H3,(H,14,18). The second-order valence-electron chi connectivity index (χ2n) is 5.22. The highest BCUT2D eigenvalue weighted by Gasteiger charge is 2.26. The highest BCUT2D eigenvalue weighted by atomic mass is 16.3. The maximum absolute atomic E-state index is 12.0. The normalized spacial score (nSPS) is 23.6. The van der Waals surface area contributed by atoms with Crippen LogP contribution in [-0.4, -0.2) is 33.4 Å². The van der Waals surface area contributed by atoms with Gasteiger partial charge in [-0.2, -0.15) is 5.10 Å². The summed E-state index contributed by atoms with van der Waals surface area (Å²) in [5, 5.41) is 16.7. The molecule has 5 heteroatoms. The molecule has 1 aliphatic rings. The summed E-state index contributed by atoms with van der Waals surface area (Å²) in [6, 6.07) is 1.89. The lowest BCUT2D eigenvalue weighted by atomic mass is 10.1.